The number of hydrogen-bond acceptors (Lipinski definition) is 4. The zero-order valence-electron chi connectivity index (χ0n) is 11.9. The molecule has 1 aliphatic heterocycles. The molecule has 7 nitrogen and oxygen atoms in total. The summed E-state index contributed by atoms with van der Waals surface area (Å²) in [7, 11) is 0. The summed E-state index contributed by atoms with van der Waals surface area (Å²) >= 11 is 0. The Bertz CT molecular complexity index is 683. The fourth-order valence-electron chi connectivity index (χ4n) is 2.85. The van der Waals surface area contributed by atoms with Gasteiger partial charge in [0.2, 0.25) is 0 Å². The van der Waals surface area contributed by atoms with Gasteiger partial charge in [-0.2, -0.15) is 5.10 Å². The van der Waals surface area contributed by atoms with Crippen molar-refractivity contribution >= 4 is 11.9 Å². The normalized spacial score (nSPS) is 18.2. The molecule has 2 aromatic heterocycles. The first-order valence-corrected chi connectivity index (χ1v) is 7.16. The third-order valence-electron chi connectivity index (χ3n) is 3.90. The van der Waals surface area contributed by atoms with Crippen molar-refractivity contribution in [3.63, 3.8) is 0 Å². The van der Waals surface area contributed by atoms with E-state index in [0.29, 0.717) is 24.2 Å². The van der Waals surface area contributed by atoms with Crippen LogP contribution < -0.4 is 0 Å². The fraction of sp³-hybridized carbons (Fsp3) is 0.333. The largest absolute Gasteiger partial charge is 0.478 e. The minimum Gasteiger partial charge on any atom is -0.478 e. The second kappa shape index (κ2) is 5.97. The summed E-state index contributed by atoms with van der Waals surface area (Å²) in [5, 5.41) is 15.8. The number of aromatic amines is 1. The van der Waals surface area contributed by atoms with Crippen LogP contribution >= 0.6 is 0 Å². The molecule has 0 spiro atoms. The summed E-state index contributed by atoms with van der Waals surface area (Å²) in [6.45, 7) is 0.594. The molecule has 114 valence electrons. The van der Waals surface area contributed by atoms with Crippen molar-refractivity contribution < 1.29 is 14.7 Å². The Labute approximate surface area is 127 Å². The van der Waals surface area contributed by atoms with Crippen LogP contribution in [0.5, 0.6) is 0 Å². The maximum Gasteiger partial charge on any atom is 0.339 e. The van der Waals surface area contributed by atoms with Gasteiger partial charge < -0.3 is 10.0 Å². The van der Waals surface area contributed by atoms with Crippen molar-refractivity contribution in [2.75, 3.05) is 6.54 Å². The molecule has 1 unspecified atom stereocenters. The number of amides is 1. The first-order chi connectivity index (χ1) is 10.7. The lowest BCUT2D eigenvalue weighted by molar-refractivity contribution is 0.0589. The topological polar surface area (TPSA) is 99.2 Å². The van der Waals surface area contributed by atoms with Crippen molar-refractivity contribution in [2.45, 2.75) is 25.3 Å². The van der Waals surface area contributed by atoms with Crippen molar-refractivity contribution in [1.29, 1.82) is 0 Å². The fourth-order valence-corrected chi connectivity index (χ4v) is 2.85. The van der Waals surface area contributed by atoms with E-state index in [1.54, 1.807) is 23.2 Å². The number of aromatic carboxylic acids is 1. The Balaban J connectivity index is 1.93. The zero-order chi connectivity index (χ0) is 15.5. The van der Waals surface area contributed by atoms with Crippen LogP contribution in [0.2, 0.25) is 0 Å². The number of piperidine rings is 1. The van der Waals surface area contributed by atoms with Gasteiger partial charge in [0.25, 0.3) is 5.91 Å². The van der Waals surface area contributed by atoms with E-state index in [-0.39, 0.29) is 17.5 Å². The molecule has 1 aliphatic rings. The molecule has 2 aromatic rings. The van der Waals surface area contributed by atoms with Crippen molar-refractivity contribution in [3.05, 3.63) is 47.5 Å². The minimum absolute atomic E-state index is 0.121. The number of aromatic nitrogens is 3. The summed E-state index contributed by atoms with van der Waals surface area (Å²) in [6, 6.07) is 3.13. The van der Waals surface area contributed by atoms with E-state index in [0.717, 1.165) is 12.8 Å². The number of carboxylic acid groups (broad SMARTS) is 1. The van der Waals surface area contributed by atoms with Crippen molar-refractivity contribution in [3.8, 4) is 0 Å². The number of nitrogens with zero attached hydrogens (tertiary/aromatic N) is 3. The highest BCUT2D eigenvalue weighted by Crippen LogP contribution is 2.32. The molecule has 1 atom stereocenters. The van der Waals surface area contributed by atoms with E-state index in [9.17, 15) is 14.7 Å². The van der Waals surface area contributed by atoms with Crippen LogP contribution in [0.25, 0.3) is 0 Å². The van der Waals surface area contributed by atoms with Gasteiger partial charge in [0.1, 0.15) is 5.56 Å². The second-order valence-electron chi connectivity index (χ2n) is 5.25. The standard InChI is InChI=1S/C15H16N4O3/c20-14(10-4-3-6-16-8-10)19-7-2-1-5-12(19)13-11(15(21)22)9-17-18-13/h3-4,6,8-9,12H,1-2,5,7H2,(H,17,18)(H,21,22). The Hall–Kier alpha value is -2.70. The monoisotopic (exact) mass is 300 g/mol. The maximum absolute atomic E-state index is 12.7. The summed E-state index contributed by atoms with van der Waals surface area (Å²) < 4.78 is 0. The third-order valence-corrected chi connectivity index (χ3v) is 3.90. The Morgan fingerprint density at radius 2 is 2.18 bits per heavy atom. The van der Waals surface area contributed by atoms with Gasteiger partial charge >= 0.3 is 5.97 Å². The molecule has 0 saturated carbocycles. The van der Waals surface area contributed by atoms with Gasteiger partial charge in [-0.15, -0.1) is 0 Å². The molecule has 3 heterocycles. The predicted octanol–water partition coefficient (Wildman–Crippen LogP) is 1.87. The number of carboxylic acids is 1. The number of carbonyl (C=O) groups excluding carboxylic acids is 1. The average Bonchev–Trinajstić information content (AvgIpc) is 3.05. The van der Waals surface area contributed by atoms with Gasteiger partial charge in [0, 0.05) is 18.9 Å². The van der Waals surface area contributed by atoms with E-state index >= 15 is 0 Å². The summed E-state index contributed by atoms with van der Waals surface area (Å²) in [4.78, 5) is 29.7. The second-order valence-corrected chi connectivity index (χ2v) is 5.25. The average molecular weight is 300 g/mol. The van der Waals surface area contributed by atoms with Crippen LogP contribution in [0.15, 0.2) is 30.7 Å². The van der Waals surface area contributed by atoms with E-state index < -0.39 is 5.97 Å². The first kappa shape index (κ1) is 14.2. The van der Waals surface area contributed by atoms with Gasteiger partial charge in [-0.3, -0.25) is 14.9 Å². The first-order valence-electron chi connectivity index (χ1n) is 7.16. The zero-order valence-corrected chi connectivity index (χ0v) is 11.9. The lowest BCUT2D eigenvalue weighted by atomic mass is 9.96. The van der Waals surface area contributed by atoms with E-state index in [1.165, 1.54) is 12.4 Å². The minimum atomic E-state index is -1.04. The highest BCUT2D eigenvalue weighted by Gasteiger charge is 2.32. The van der Waals surface area contributed by atoms with Crippen LogP contribution in [0.1, 0.15) is 51.7 Å². The van der Waals surface area contributed by atoms with Crippen LogP contribution in [0, 0.1) is 0 Å². The highest BCUT2D eigenvalue weighted by atomic mass is 16.4. The van der Waals surface area contributed by atoms with Crippen LogP contribution in [0.3, 0.4) is 0 Å². The molecule has 1 amide bonds. The van der Waals surface area contributed by atoms with Crippen LogP contribution in [-0.4, -0.2) is 43.6 Å². The summed E-state index contributed by atoms with van der Waals surface area (Å²) in [5.74, 6) is -1.17. The van der Waals surface area contributed by atoms with Crippen LogP contribution in [0.4, 0.5) is 0 Å². The summed E-state index contributed by atoms with van der Waals surface area (Å²) in [6.07, 6.45) is 6.99. The third kappa shape index (κ3) is 2.57. The van der Waals surface area contributed by atoms with Gasteiger partial charge in [0.05, 0.1) is 23.5 Å². The van der Waals surface area contributed by atoms with Crippen LogP contribution in [-0.2, 0) is 0 Å². The van der Waals surface area contributed by atoms with Crippen molar-refractivity contribution in [2.24, 2.45) is 0 Å². The number of hydrogen-bond donors (Lipinski definition) is 2. The number of nitrogens with one attached hydrogen (secondary N) is 1. The van der Waals surface area contributed by atoms with Crippen molar-refractivity contribution in [1.82, 2.24) is 20.1 Å². The molecule has 0 aromatic carbocycles. The van der Waals surface area contributed by atoms with Gasteiger partial charge in [-0.05, 0) is 31.4 Å². The molecule has 7 heteroatoms. The predicted molar refractivity (Wildman–Crippen MR) is 77.4 cm³/mol. The van der Waals surface area contributed by atoms with E-state index in [4.69, 9.17) is 0 Å². The molecule has 22 heavy (non-hydrogen) atoms. The number of likely N-dealkylation sites (tertiary alicyclic amines) is 1. The quantitative estimate of drug-likeness (QED) is 0.901. The molecule has 3 rings (SSSR count). The number of rotatable bonds is 3. The molecule has 0 aliphatic carbocycles. The molecular formula is C15H16N4O3. The molecule has 1 saturated heterocycles. The molecule has 0 bridgehead atoms. The Morgan fingerprint density at radius 3 is 2.91 bits per heavy atom. The Morgan fingerprint density at radius 1 is 1.32 bits per heavy atom. The Kier molecular flexibility index (Phi) is 3.86. The number of carbonyl (C=O) groups is 2. The summed E-state index contributed by atoms with van der Waals surface area (Å²) in [5.41, 5.74) is 1.12. The number of pyridine rings is 1. The lowest BCUT2D eigenvalue weighted by Crippen LogP contribution is -2.39. The molecule has 2 N–H and O–H groups in total. The van der Waals surface area contributed by atoms with E-state index in [1.807, 2.05) is 0 Å². The van der Waals surface area contributed by atoms with Gasteiger partial charge in [-0.1, -0.05) is 0 Å². The van der Waals surface area contributed by atoms with E-state index in [2.05, 4.69) is 15.2 Å². The SMILES string of the molecule is O=C(O)c1cn[nH]c1C1CCCCN1C(=O)c1cccnc1. The molecule has 1 fully saturated rings. The number of H-pyrrole nitrogens is 1. The van der Waals surface area contributed by atoms with Gasteiger partial charge in [-0.25, -0.2) is 4.79 Å². The molecular weight excluding hydrogens is 284 g/mol. The smallest absolute Gasteiger partial charge is 0.339 e. The van der Waals surface area contributed by atoms with Gasteiger partial charge in [0.15, 0.2) is 0 Å². The molecule has 0 radical (unpaired) electrons. The lowest BCUT2D eigenvalue weighted by Gasteiger charge is -2.35. The maximum atomic E-state index is 12.7. The highest BCUT2D eigenvalue weighted by molar-refractivity contribution is 5.94.